The van der Waals surface area contributed by atoms with E-state index in [1.54, 1.807) is 18.5 Å². The van der Waals surface area contributed by atoms with Crippen LogP contribution in [0.2, 0.25) is 0 Å². The number of piperazine rings is 1. The molecular weight excluding hydrogens is 449 g/mol. The van der Waals surface area contributed by atoms with Crippen molar-refractivity contribution < 1.29 is 17.9 Å². The van der Waals surface area contributed by atoms with Gasteiger partial charge in [0.25, 0.3) is 0 Å². The summed E-state index contributed by atoms with van der Waals surface area (Å²) >= 11 is 1.43. The fourth-order valence-electron chi connectivity index (χ4n) is 3.79. The molecule has 1 fully saturated rings. The second-order valence-electron chi connectivity index (χ2n) is 8.22. The highest BCUT2D eigenvalue weighted by Crippen LogP contribution is 2.37. The van der Waals surface area contributed by atoms with Crippen LogP contribution in [-0.4, -0.2) is 66.1 Å². The van der Waals surface area contributed by atoms with Crippen LogP contribution in [0.1, 0.15) is 22.6 Å². The number of benzene rings is 1. The molecule has 0 spiro atoms. The van der Waals surface area contributed by atoms with Crippen molar-refractivity contribution in [3.8, 4) is 17.0 Å². The quantitative estimate of drug-likeness (QED) is 0.436. The van der Waals surface area contributed by atoms with Crippen LogP contribution in [0.25, 0.3) is 11.3 Å². The normalized spacial score (nSPS) is 15.6. The molecule has 4 rings (SSSR count). The summed E-state index contributed by atoms with van der Waals surface area (Å²) in [6, 6.07) is 8.04. The molecule has 0 aliphatic carbocycles. The summed E-state index contributed by atoms with van der Waals surface area (Å²) in [4.78, 5) is 13.2. The topological polar surface area (TPSA) is 41.5 Å². The SMILES string of the molecule is CN1CCN(CCCOc2ccc(Cc3nc(-c4cccnc4)cs3)cc2C(F)(F)F)CC1. The first kappa shape index (κ1) is 23.7. The van der Waals surface area contributed by atoms with Crippen molar-refractivity contribution in [2.45, 2.75) is 19.0 Å². The molecule has 0 N–H and O–H groups in total. The number of hydrogen-bond donors (Lipinski definition) is 0. The summed E-state index contributed by atoms with van der Waals surface area (Å²) in [5, 5.41) is 2.65. The minimum atomic E-state index is -4.48. The largest absolute Gasteiger partial charge is 0.493 e. The lowest BCUT2D eigenvalue weighted by atomic mass is 10.1. The van der Waals surface area contributed by atoms with Gasteiger partial charge in [-0.15, -0.1) is 11.3 Å². The Bertz CT molecular complexity index is 1030. The molecule has 0 unspecified atom stereocenters. The van der Waals surface area contributed by atoms with Gasteiger partial charge in [0.15, 0.2) is 0 Å². The van der Waals surface area contributed by atoms with E-state index in [-0.39, 0.29) is 12.4 Å². The fourth-order valence-corrected chi connectivity index (χ4v) is 4.63. The summed E-state index contributed by atoms with van der Waals surface area (Å²) in [6.45, 7) is 5.09. The lowest BCUT2D eigenvalue weighted by molar-refractivity contribution is -0.139. The molecule has 0 radical (unpaired) electrons. The van der Waals surface area contributed by atoms with Gasteiger partial charge in [0, 0.05) is 62.5 Å². The van der Waals surface area contributed by atoms with E-state index in [1.807, 2.05) is 17.5 Å². The van der Waals surface area contributed by atoms with Crippen LogP contribution in [0.3, 0.4) is 0 Å². The lowest BCUT2D eigenvalue weighted by Gasteiger charge is -2.32. The second kappa shape index (κ2) is 10.6. The highest BCUT2D eigenvalue weighted by atomic mass is 32.1. The van der Waals surface area contributed by atoms with E-state index >= 15 is 0 Å². The monoisotopic (exact) mass is 476 g/mol. The van der Waals surface area contributed by atoms with Crippen molar-refractivity contribution in [1.82, 2.24) is 19.8 Å². The number of hydrogen-bond acceptors (Lipinski definition) is 6. The van der Waals surface area contributed by atoms with Crippen LogP contribution < -0.4 is 4.74 Å². The summed E-state index contributed by atoms with van der Waals surface area (Å²) in [7, 11) is 2.09. The van der Waals surface area contributed by atoms with E-state index in [9.17, 15) is 13.2 Å². The first-order chi connectivity index (χ1) is 15.9. The Hall–Kier alpha value is -2.49. The molecule has 3 heterocycles. The summed E-state index contributed by atoms with van der Waals surface area (Å²) < 4.78 is 46.7. The van der Waals surface area contributed by atoms with Crippen molar-refractivity contribution in [3.63, 3.8) is 0 Å². The maximum atomic E-state index is 13.7. The van der Waals surface area contributed by atoms with E-state index in [2.05, 4.69) is 26.8 Å². The highest BCUT2D eigenvalue weighted by Gasteiger charge is 2.34. The van der Waals surface area contributed by atoms with Gasteiger partial charge in [-0.25, -0.2) is 4.98 Å². The van der Waals surface area contributed by atoms with Crippen LogP contribution in [0.4, 0.5) is 13.2 Å². The highest BCUT2D eigenvalue weighted by molar-refractivity contribution is 7.10. The van der Waals surface area contributed by atoms with E-state index in [1.165, 1.54) is 23.5 Å². The summed E-state index contributed by atoms with van der Waals surface area (Å²) in [5.41, 5.74) is 1.48. The van der Waals surface area contributed by atoms with Crippen molar-refractivity contribution in [1.29, 1.82) is 0 Å². The minimum absolute atomic E-state index is 0.111. The van der Waals surface area contributed by atoms with Crippen LogP contribution in [0.5, 0.6) is 5.75 Å². The molecule has 1 aliphatic heterocycles. The molecule has 0 amide bonds. The molecule has 0 saturated carbocycles. The molecule has 0 bridgehead atoms. The average Bonchev–Trinajstić information content (AvgIpc) is 3.27. The minimum Gasteiger partial charge on any atom is -0.493 e. The number of pyridine rings is 1. The standard InChI is InChI=1S/C24H27F3N4OS/c1-30-9-11-31(12-10-30)8-3-13-32-22-6-5-18(14-20(22)24(25,26)27)15-23-29-21(17-33-23)19-4-2-7-28-16-19/h2,4-7,14,16-17H,3,8-13,15H2,1H3. The van der Waals surface area contributed by atoms with Crippen molar-refractivity contribution in [2.24, 2.45) is 0 Å². The predicted octanol–water partition coefficient (Wildman–Crippen LogP) is 4.83. The van der Waals surface area contributed by atoms with Gasteiger partial charge < -0.3 is 14.5 Å². The number of likely N-dealkylation sites (N-methyl/N-ethyl adjacent to an activating group) is 1. The van der Waals surface area contributed by atoms with Gasteiger partial charge in [-0.1, -0.05) is 6.07 Å². The zero-order valence-electron chi connectivity index (χ0n) is 18.5. The van der Waals surface area contributed by atoms with Gasteiger partial charge in [-0.05, 0) is 43.3 Å². The molecule has 9 heteroatoms. The molecule has 1 aliphatic rings. The number of ether oxygens (including phenoxy) is 1. The maximum absolute atomic E-state index is 13.7. The van der Waals surface area contributed by atoms with Gasteiger partial charge in [0.1, 0.15) is 5.75 Å². The molecule has 33 heavy (non-hydrogen) atoms. The van der Waals surface area contributed by atoms with Crippen molar-refractivity contribution in [2.75, 3.05) is 46.4 Å². The number of alkyl halides is 3. The third-order valence-corrected chi connectivity index (χ3v) is 6.53. The van der Waals surface area contributed by atoms with Gasteiger partial charge >= 0.3 is 6.18 Å². The third kappa shape index (κ3) is 6.52. The van der Waals surface area contributed by atoms with Crippen LogP contribution in [-0.2, 0) is 12.6 Å². The number of aromatic nitrogens is 2. The Morgan fingerprint density at radius 2 is 1.94 bits per heavy atom. The molecule has 1 aromatic carbocycles. The first-order valence-electron chi connectivity index (χ1n) is 11.0. The number of nitrogens with zero attached hydrogens (tertiary/aromatic N) is 4. The van der Waals surface area contributed by atoms with Crippen LogP contribution in [0, 0.1) is 0 Å². The zero-order valence-corrected chi connectivity index (χ0v) is 19.3. The number of rotatable bonds is 8. The Kier molecular flexibility index (Phi) is 7.62. The Balaban J connectivity index is 1.38. The summed E-state index contributed by atoms with van der Waals surface area (Å²) in [5.74, 6) is -0.111. The predicted molar refractivity (Wildman–Crippen MR) is 124 cm³/mol. The Labute approximate surface area is 195 Å². The molecule has 176 valence electrons. The van der Waals surface area contributed by atoms with E-state index in [0.29, 0.717) is 18.4 Å². The van der Waals surface area contributed by atoms with Gasteiger partial charge in [-0.3, -0.25) is 4.98 Å². The number of thiazole rings is 1. The molecule has 3 aromatic rings. The Morgan fingerprint density at radius 1 is 1.12 bits per heavy atom. The average molecular weight is 477 g/mol. The molecule has 1 saturated heterocycles. The van der Waals surface area contributed by atoms with E-state index in [0.717, 1.165) is 49.0 Å². The zero-order chi connectivity index (χ0) is 23.3. The van der Waals surface area contributed by atoms with Crippen molar-refractivity contribution in [3.05, 3.63) is 64.2 Å². The Morgan fingerprint density at radius 3 is 2.67 bits per heavy atom. The van der Waals surface area contributed by atoms with E-state index < -0.39 is 11.7 Å². The maximum Gasteiger partial charge on any atom is 0.419 e. The van der Waals surface area contributed by atoms with Gasteiger partial charge in [0.05, 0.1) is 22.9 Å². The number of halogens is 3. The molecule has 0 atom stereocenters. The molecular formula is C24H27F3N4OS. The smallest absolute Gasteiger partial charge is 0.419 e. The van der Waals surface area contributed by atoms with Crippen LogP contribution in [0.15, 0.2) is 48.1 Å². The third-order valence-electron chi connectivity index (χ3n) is 5.69. The summed E-state index contributed by atoms with van der Waals surface area (Å²) in [6.07, 6.45) is -0.0504. The van der Waals surface area contributed by atoms with Gasteiger partial charge in [0.2, 0.25) is 0 Å². The fraction of sp³-hybridized carbons (Fsp3) is 0.417. The first-order valence-corrected chi connectivity index (χ1v) is 11.8. The van der Waals surface area contributed by atoms with E-state index in [4.69, 9.17) is 4.74 Å². The van der Waals surface area contributed by atoms with Gasteiger partial charge in [-0.2, -0.15) is 13.2 Å². The lowest BCUT2D eigenvalue weighted by Crippen LogP contribution is -2.44. The van der Waals surface area contributed by atoms with Crippen molar-refractivity contribution >= 4 is 11.3 Å². The van der Waals surface area contributed by atoms with Crippen LogP contribution >= 0.6 is 11.3 Å². The molecule has 5 nitrogen and oxygen atoms in total. The second-order valence-corrected chi connectivity index (χ2v) is 9.16. The molecule has 2 aromatic heterocycles.